The number of hydrogen-bond acceptors (Lipinski definition) is 2. The fourth-order valence-corrected chi connectivity index (χ4v) is 4.78. The van der Waals surface area contributed by atoms with Crippen molar-refractivity contribution in [3.8, 4) is 0 Å². The van der Waals surface area contributed by atoms with Crippen LogP contribution in [0.3, 0.4) is 0 Å². The molecule has 3 atom stereocenters. The summed E-state index contributed by atoms with van der Waals surface area (Å²) in [5.74, 6) is 1.87. The maximum atomic E-state index is 12.7. The first-order valence-electron chi connectivity index (χ1n) is 9.85. The summed E-state index contributed by atoms with van der Waals surface area (Å²) < 4.78 is 0. The van der Waals surface area contributed by atoms with Gasteiger partial charge in [-0.1, -0.05) is 30.7 Å². The summed E-state index contributed by atoms with van der Waals surface area (Å²) in [6.07, 6.45) is 5.67. The van der Waals surface area contributed by atoms with Gasteiger partial charge in [0.05, 0.1) is 11.3 Å². The molecule has 2 fully saturated rings. The lowest BCUT2D eigenvalue weighted by Crippen LogP contribution is -2.22. The van der Waals surface area contributed by atoms with Crippen molar-refractivity contribution in [1.82, 2.24) is 0 Å². The van der Waals surface area contributed by atoms with Gasteiger partial charge in [-0.05, 0) is 73.8 Å². The molecule has 2 bridgehead atoms. The van der Waals surface area contributed by atoms with Crippen molar-refractivity contribution < 1.29 is 9.59 Å². The Morgan fingerprint density at radius 2 is 1.85 bits per heavy atom. The summed E-state index contributed by atoms with van der Waals surface area (Å²) in [4.78, 5) is 25.3. The highest BCUT2D eigenvalue weighted by Gasteiger charge is 2.40. The molecule has 3 unspecified atom stereocenters. The zero-order chi connectivity index (χ0) is 18.8. The molecule has 0 spiro atoms. The zero-order valence-corrected chi connectivity index (χ0v) is 15.7. The second kappa shape index (κ2) is 7.55. The third-order valence-electron chi connectivity index (χ3n) is 6.05. The molecule has 0 aromatic heterocycles. The summed E-state index contributed by atoms with van der Waals surface area (Å²) in [6, 6.07) is 14.9. The highest BCUT2D eigenvalue weighted by molar-refractivity contribution is 6.10. The molecule has 2 aromatic carbocycles. The average Bonchev–Trinajstić information content (AvgIpc) is 3.25. The van der Waals surface area contributed by atoms with Gasteiger partial charge in [0.2, 0.25) is 5.91 Å². The van der Waals surface area contributed by atoms with E-state index in [-0.39, 0.29) is 11.8 Å². The Hall–Kier alpha value is -2.62. The number of amides is 2. The fraction of sp³-hybridized carbons (Fsp3) is 0.391. The van der Waals surface area contributed by atoms with Gasteiger partial charge in [-0.3, -0.25) is 9.59 Å². The Morgan fingerprint density at radius 1 is 1.00 bits per heavy atom. The van der Waals surface area contributed by atoms with E-state index in [0.29, 0.717) is 23.6 Å². The van der Waals surface area contributed by atoms with E-state index in [4.69, 9.17) is 0 Å². The van der Waals surface area contributed by atoms with Crippen LogP contribution in [0.4, 0.5) is 11.4 Å². The maximum absolute atomic E-state index is 12.7. The van der Waals surface area contributed by atoms with Crippen LogP contribution in [0.25, 0.3) is 0 Å². The number of fused-ring (bicyclic) bond motifs is 2. The molecule has 2 saturated carbocycles. The molecule has 2 amide bonds. The van der Waals surface area contributed by atoms with Crippen LogP contribution in [-0.2, 0) is 4.79 Å². The van der Waals surface area contributed by atoms with Crippen LogP contribution < -0.4 is 10.6 Å². The molecule has 0 heterocycles. The largest absolute Gasteiger partial charge is 0.325 e. The third-order valence-corrected chi connectivity index (χ3v) is 6.05. The number of carbonyl (C=O) groups is 2. The fourth-order valence-electron chi connectivity index (χ4n) is 4.78. The van der Waals surface area contributed by atoms with E-state index in [9.17, 15) is 9.59 Å². The summed E-state index contributed by atoms with van der Waals surface area (Å²) >= 11 is 0. The van der Waals surface area contributed by atoms with Crippen molar-refractivity contribution in [1.29, 1.82) is 0 Å². The quantitative estimate of drug-likeness (QED) is 0.785. The number of rotatable bonds is 5. The Labute approximate surface area is 160 Å². The lowest BCUT2D eigenvalue weighted by atomic mass is 9.86. The number of anilines is 2. The van der Waals surface area contributed by atoms with Gasteiger partial charge in [0, 0.05) is 12.1 Å². The molecule has 2 aliphatic rings. The zero-order valence-electron chi connectivity index (χ0n) is 15.7. The van der Waals surface area contributed by atoms with Gasteiger partial charge in [0.25, 0.3) is 5.91 Å². The Bertz CT molecular complexity index is 861. The monoisotopic (exact) mass is 362 g/mol. The van der Waals surface area contributed by atoms with Gasteiger partial charge in [-0.2, -0.15) is 0 Å². The summed E-state index contributed by atoms with van der Waals surface area (Å²) in [7, 11) is 0. The standard InChI is InChI=1S/C23H26N2O2/c1-15-5-4-6-19(11-15)24-23(27)20-7-2-3-8-21(20)25-22(26)14-18-13-16-9-10-17(18)12-16/h2-8,11,16-18H,9-10,12-14H2,1H3,(H,24,27)(H,25,26). The second-order valence-electron chi connectivity index (χ2n) is 8.06. The van der Waals surface area contributed by atoms with Crippen molar-refractivity contribution in [2.75, 3.05) is 10.6 Å². The van der Waals surface area contributed by atoms with E-state index in [1.807, 2.05) is 43.3 Å². The van der Waals surface area contributed by atoms with E-state index >= 15 is 0 Å². The summed E-state index contributed by atoms with van der Waals surface area (Å²) in [6.45, 7) is 1.99. The minimum atomic E-state index is -0.212. The van der Waals surface area contributed by atoms with E-state index in [2.05, 4.69) is 10.6 Å². The predicted octanol–water partition coefficient (Wildman–Crippen LogP) is 5.01. The van der Waals surface area contributed by atoms with Gasteiger partial charge < -0.3 is 10.6 Å². The molecule has 27 heavy (non-hydrogen) atoms. The van der Waals surface area contributed by atoms with Crippen LogP contribution in [0.2, 0.25) is 0 Å². The first kappa shape index (κ1) is 17.8. The highest BCUT2D eigenvalue weighted by atomic mass is 16.2. The molecule has 4 heteroatoms. The third kappa shape index (κ3) is 4.05. The smallest absolute Gasteiger partial charge is 0.257 e. The Balaban J connectivity index is 1.42. The molecule has 0 saturated heterocycles. The maximum Gasteiger partial charge on any atom is 0.257 e. The van der Waals surface area contributed by atoms with Gasteiger partial charge in [0.1, 0.15) is 0 Å². The normalized spacial score (nSPS) is 23.2. The van der Waals surface area contributed by atoms with Crippen molar-refractivity contribution in [3.63, 3.8) is 0 Å². The van der Waals surface area contributed by atoms with E-state index < -0.39 is 0 Å². The number of carbonyl (C=O) groups excluding carboxylic acids is 2. The number of benzene rings is 2. The van der Waals surface area contributed by atoms with Crippen molar-refractivity contribution in [3.05, 3.63) is 59.7 Å². The van der Waals surface area contributed by atoms with Crippen LogP contribution in [0.1, 0.15) is 48.0 Å². The van der Waals surface area contributed by atoms with Crippen LogP contribution in [0.15, 0.2) is 48.5 Å². The Morgan fingerprint density at radius 3 is 2.59 bits per heavy atom. The van der Waals surface area contributed by atoms with Gasteiger partial charge in [-0.15, -0.1) is 0 Å². The summed E-state index contributed by atoms with van der Waals surface area (Å²) in [5, 5.41) is 5.89. The first-order valence-corrected chi connectivity index (χ1v) is 9.85. The topological polar surface area (TPSA) is 58.2 Å². The first-order chi connectivity index (χ1) is 13.1. The summed E-state index contributed by atoms with van der Waals surface area (Å²) in [5.41, 5.74) is 2.90. The molecule has 0 radical (unpaired) electrons. The molecule has 2 aliphatic carbocycles. The minimum absolute atomic E-state index is 0.0170. The van der Waals surface area contributed by atoms with E-state index in [1.165, 1.54) is 25.7 Å². The van der Waals surface area contributed by atoms with Crippen molar-refractivity contribution in [2.24, 2.45) is 17.8 Å². The highest BCUT2D eigenvalue weighted by Crippen LogP contribution is 2.49. The van der Waals surface area contributed by atoms with Crippen molar-refractivity contribution >= 4 is 23.2 Å². The van der Waals surface area contributed by atoms with Gasteiger partial charge >= 0.3 is 0 Å². The SMILES string of the molecule is Cc1cccc(NC(=O)c2ccccc2NC(=O)CC2CC3CCC2C3)c1. The van der Waals surface area contributed by atoms with Gasteiger partial charge in [0.15, 0.2) is 0 Å². The number of para-hydroxylation sites is 1. The van der Waals surface area contributed by atoms with E-state index in [0.717, 1.165) is 23.1 Å². The second-order valence-corrected chi connectivity index (χ2v) is 8.06. The lowest BCUT2D eigenvalue weighted by Gasteiger charge is -2.21. The Kier molecular flexibility index (Phi) is 4.97. The number of nitrogens with one attached hydrogen (secondary N) is 2. The molecule has 4 nitrogen and oxygen atoms in total. The van der Waals surface area contributed by atoms with Crippen LogP contribution in [0, 0.1) is 24.7 Å². The van der Waals surface area contributed by atoms with Crippen LogP contribution >= 0.6 is 0 Å². The minimum Gasteiger partial charge on any atom is -0.325 e. The molecule has 2 aromatic rings. The van der Waals surface area contributed by atoms with Crippen LogP contribution in [0.5, 0.6) is 0 Å². The van der Waals surface area contributed by atoms with Gasteiger partial charge in [-0.25, -0.2) is 0 Å². The predicted molar refractivity (Wildman–Crippen MR) is 108 cm³/mol. The number of hydrogen-bond donors (Lipinski definition) is 2. The number of aryl methyl sites for hydroxylation is 1. The molecule has 4 rings (SSSR count). The molecule has 2 N–H and O–H groups in total. The molecule has 0 aliphatic heterocycles. The van der Waals surface area contributed by atoms with Crippen LogP contribution in [-0.4, -0.2) is 11.8 Å². The lowest BCUT2D eigenvalue weighted by molar-refractivity contribution is -0.117. The average molecular weight is 362 g/mol. The molecular formula is C23H26N2O2. The molecular weight excluding hydrogens is 336 g/mol. The van der Waals surface area contributed by atoms with Crippen molar-refractivity contribution in [2.45, 2.75) is 39.0 Å². The van der Waals surface area contributed by atoms with E-state index in [1.54, 1.807) is 12.1 Å². The molecule has 140 valence electrons.